The molecule has 1 amide bonds. The van der Waals surface area contributed by atoms with E-state index < -0.39 is 5.82 Å². The van der Waals surface area contributed by atoms with Gasteiger partial charge in [-0.1, -0.05) is 13.0 Å². The number of rotatable bonds is 7. The van der Waals surface area contributed by atoms with E-state index in [2.05, 4.69) is 5.32 Å². The van der Waals surface area contributed by atoms with Crippen LogP contribution in [0.25, 0.3) is 0 Å². The normalized spacial score (nSPS) is 12.3. The summed E-state index contributed by atoms with van der Waals surface area (Å²) < 4.78 is 19.3. The zero-order valence-electron chi connectivity index (χ0n) is 13.4. The molecule has 0 aliphatic carbocycles. The van der Waals surface area contributed by atoms with Crippen molar-refractivity contribution in [1.29, 1.82) is 0 Å². The molecule has 1 N–H and O–H groups in total. The molecule has 0 fully saturated rings. The van der Waals surface area contributed by atoms with Crippen molar-refractivity contribution in [3.63, 3.8) is 0 Å². The number of benzene rings is 1. The van der Waals surface area contributed by atoms with Crippen LogP contribution in [0.15, 0.2) is 18.2 Å². The third-order valence-electron chi connectivity index (χ3n) is 3.49. The Morgan fingerprint density at radius 3 is 2.57 bits per heavy atom. The Hall–Kier alpha value is -1.62. The number of halogens is 1. The Balaban J connectivity index is 2.67. The molecule has 5 heteroatoms. The van der Waals surface area contributed by atoms with Crippen LogP contribution in [0.3, 0.4) is 0 Å². The van der Waals surface area contributed by atoms with Gasteiger partial charge in [-0.15, -0.1) is 0 Å². The van der Waals surface area contributed by atoms with E-state index in [1.807, 2.05) is 33.8 Å². The summed E-state index contributed by atoms with van der Waals surface area (Å²) in [6, 6.07) is 4.99. The average Bonchev–Trinajstić information content (AvgIpc) is 2.44. The number of carbonyl (C=O) groups excluding carboxylic acids is 1. The van der Waals surface area contributed by atoms with E-state index in [-0.39, 0.29) is 30.3 Å². The number of nitrogens with zero attached hydrogens (tertiary/aromatic N) is 1. The summed E-state index contributed by atoms with van der Waals surface area (Å²) in [6.07, 6.45) is 0. The quantitative estimate of drug-likeness (QED) is 0.841. The molecule has 1 atom stereocenters. The molecule has 0 aromatic heterocycles. The van der Waals surface area contributed by atoms with E-state index in [9.17, 15) is 9.18 Å². The summed E-state index contributed by atoms with van der Waals surface area (Å²) in [7, 11) is 1.70. The Bertz CT molecular complexity index is 477. The van der Waals surface area contributed by atoms with Gasteiger partial charge in [0, 0.05) is 19.1 Å². The van der Waals surface area contributed by atoms with Crippen LogP contribution in [0.1, 0.15) is 39.3 Å². The van der Waals surface area contributed by atoms with E-state index in [1.54, 1.807) is 18.0 Å². The second-order valence-corrected chi connectivity index (χ2v) is 5.36. The molecule has 1 aromatic rings. The Morgan fingerprint density at radius 1 is 1.38 bits per heavy atom. The summed E-state index contributed by atoms with van der Waals surface area (Å²) in [5, 5.41) is 3.22. The highest BCUT2D eigenvalue weighted by Gasteiger charge is 2.14. The molecule has 0 radical (unpaired) electrons. The fraction of sp³-hybridized carbons (Fsp3) is 0.562. The molecule has 0 saturated carbocycles. The van der Waals surface area contributed by atoms with E-state index in [0.717, 1.165) is 12.1 Å². The van der Waals surface area contributed by atoms with Gasteiger partial charge in [0.2, 0.25) is 0 Å². The molecule has 0 saturated heterocycles. The topological polar surface area (TPSA) is 41.6 Å². The van der Waals surface area contributed by atoms with Gasteiger partial charge < -0.3 is 15.0 Å². The number of hydrogen-bond donors (Lipinski definition) is 1. The maximum Gasteiger partial charge on any atom is 0.260 e. The summed E-state index contributed by atoms with van der Waals surface area (Å²) in [4.78, 5) is 13.4. The van der Waals surface area contributed by atoms with Gasteiger partial charge in [-0.3, -0.25) is 4.79 Å². The Morgan fingerprint density at radius 2 is 2.05 bits per heavy atom. The minimum Gasteiger partial charge on any atom is -0.481 e. The molecule has 0 aliphatic heterocycles. The van der Waals surface area contributed by atoms with Crippen LogP contribution < -0.4 is 10.1 Å². The molecular weight excluding hydrogens is 271 g/mol. The number of hydrogen-bond acceptors (Lipinski definition) is 3. The van der Waals surface area contributed by atoms with E-state index in [1.165, 1.54) is 6.07 Å². The van der Waals surface area contributed by atoms with Crippen LogP contribution in [0, 0.1) is 5.82 Å². The van der Waals surface area contributed by atoms with Crippen molar-refractivity contribution >= 4 is 5.91 Å². The first kappa shape index (κ1) is 17.4. The minimum absolute atomic E-state index is 0.0762. The van der Waals surface area contributed by atoms with Crippen molar-refractivity contribution in [2.24, 2.45) is 0 Å². The van der Waals surface area contributed by atoms with Gasteiger partial charge in [0.15, 0.2) is 18.2 Å². The first-order valence-electron chi connectivity index (χ1n) is 7.28. The first-order valence-corrected chi connectivity index (χ1v) is 7.28. The smallest absolute Gasteiger partial charge is 0.260 e. The second kappa shape index (κ2) is 7.98. The molecule has 0 aliphatic rings. The van der Waals surface area contributed by atoms with Gasteiger partial charge in [-0.2, -0.15) is 0 Å². The summed E-state index contributed by atoms with van der Waals surface area (Å²) >= 11 is 0. The van der Waals surface area contributed by atoms with Crippen molar-refractivity contribution in [3.8, 4) is 5.75 Å². The highest BCUT2D eigenvalue weighted by molar-refractivity contribution is 5.77. The lowest BCUT2D eigenvalue weighted by molar-refractivity contribution is -0.133. The monoisotopic (exact) mass is 296 g/mol. The highest BCUT2D eigenvalue weighted by Crippen LogP contribution is 2.22. The zero-order chi connectivity index (χ0) is 16.0. The SMILES string of the molecule is CCNC(C)c1ccc(OCC(=O)N(C)C(C)C)c(F)c1. The molecule has 0 bridgehead atoms. The van der Waals surface area contributed by atoms with Crippen LogP contribution in [-0.2, 0) is 4.79 Å². The van der Waals surface area contributed by atoms with Gasteiger partial charge >= 0.3 is 0 Å². The number of carbonyl (C=O) groups is 1. The van der Waals surface area contributed by atoms with Gasteiger partial charge in [-0.25, -0.2) is 4.39 Å². The molecule has 21 heavy (non-hydrogen) atoms. The van der Waals surface area contributed by atoms with Gasteiger partial charge in [-0.05, 0) is 45.0 Å². The third kappa shape index (κ3) is 5.01. The second-order valence-electron chi connectivity index (χ2n) is 5.36. The molecule has 4 nitrogen and oxygen atoms in total. The number of likely N-dealkylation sites (N-methyl/N-ethyl adjacent to an activating group) is 1. The fourth-order valence-electron chi connectivity index (χ4n) is 1.86. The third-order valence-corrected chi connectivity index (χ3v) is 3.49. The molecular formula is C16H25FN2O2. The van der Waals surface area contributed by atoms with Crippen molar-refractivity contribution in [3.05, 3.63) is 29.6 Å². The maximum atomic E-state index is 14.0. The predicted molar refractivity (Wildman–Crippen MR) is 81.9 cm³/mol. The molecule has 1 rings (SSSR count). The van der Waals surface area contributed by atoms with Crippen LogP contribution in [-0.4, -0.2) is 37.0 Å². The van der Waals surface area contributed by atoms with E-state index >= 15 is 0 Å². The highest BCUT2D eigenvalue weighted by atomic mass is 19.1. The van der Waals surface area contributed by atoms with Gasteiger partial charge in [0.25, 0.3) is 5.91 Å². The van der Waals surface area contributed by atoms with Gasteiger partial charge in [0.05, 0.1) is 0 Å². The standard InChI is InChI=1S/C16H25FN2O2/c1-6-18-12(4)13-7-8-15(14(17)9-13)21-10-16(20)19(5)11(2)3/h7-9,11-12,18H,6,10H2,1-5H3. The largest absolute Gasteiger partial charge is 0.481 e. The summed E-state index contributed by atoms with van der Waals surface area (Å²) in [5.74, 6) is -0.514. The summed E-state index contributed by atoms with van der Waals surface area (Å²) in [6.45, 7) is 8.46. The van der Waals surface area contributed by atoms with Crippen molar-refractivity contribution in [2.75, 3.05) is 20.2 Å². The molecule has 118 valence electrons. The van der Waals surface area contributed by atoms with Crippen LogP contribution in [0.2, 0.25) is 0 Å². The molecule has 0 spiro atoms. The predicted octanol–water partition coefficient (Wildman–Crippen LogP) is 2.74. The van der Waals surface area contributed by atoms with Gasteiger partial charge in [0.1, 0.15) is 0 Å². The van der Waals surface area contributed by atoms with Crippen molar-refractivity contribution in [1.82, 2.24) is 10.2 Å². The van der Waals surface area contributed by atoms with E-state index in [0.29, 0.717) is 0 Å². The Labute approximate surface area is 126 Å². The van der Waals surface area contributed by atoms with Crippen molar-refractivity contribution < 1.29 is 13.9 Å². The molecule has 0 heterocycles. The maximum absolute atomic E-state index is 14.0. The zero-order valence-corrected chi connectivity index (χ0v) is 13.4. The Kier molecular flexibility index (Phi) is 6.62. The fourth-order valence-corrected chi connectivity index (χ4v) is 1.86. The van der Waals surface area contributed by atoms with Crippen LogP contribution in [0.4, 0.5) is 4.39 Å². The first-order chi connectivity index (χ1) is 9.86. The number of ether oxygens (including phenoxy) is 1. The van der Waals surface area contributed by atoms with Crippen molar-refractivity contribution in [2.45, 2.75) is 39.8 Å². The van der Waals surface area contributed by atoms with E-state index in [4.69, 9.17) is 4.74 Å². The average molecular weight is 296 g/mol. The number of amides is 1. The summed E-state index contributed by atoms with van der Waals surface area (Å²) in [5.41, 5.74) is 0.854. The van der Waals surface area contributed by atoms with Crippen LogP contribution in [0.5, 0.6) is 5.75 Å². The lowest BCUT2D eigenvalue weighted by Crippen LogP contribution is -2.36. The lowest BCUT2D eigenvalue weighted by Gasteiger charge is -2.21. The molecule has 1 aromatic carbocycles. The van der Waals surface area contributed by atoms with Crippen LogP contribution >= 0.6 is 0 Å². The lowest BCUT2D eigenvalue weighted by atomic mass is 10.1. The number of nitrogens with one attached hydrogen (secondary N) is 1. The minimum atomic E-state index is -0.447. The molecule has 1 unspecified atom stereocenters.